The fraction of sp³-hybridized carbons (Fsp3) is 0.0588. The van der Waals surface area contributed by atoms with Gasteiger partial charge >= 0.3 is 0 Å². The molecule has 3 aromatic heterocycles. The summed E-state index contributed by atoms with van der Waals surface area (Å²) in [5.74, 6) is 0. The molecule has 0 unspecified atom stereocenters. The average Bonchev–Trinajstić information content (AvgIpc) is 2.91. The van der Waals surface area contributed by atoms with Gasteiger partial charge in [-0.3, -0.25) is 4.98 Å². The van der Waals surface area contributed by atoms with E-state index in [4.69, 9.17) is 8.53 Å². The molecular formula is C17H11BrN2O. The summed E-state index contributed by atoms with van der Waals surface area (Å²) in [6.07, 6.45) is 1.71. The first kappa shape index (κ1) is 9.68. The van der Waals surface area contributed by atoms with Crippen molar-refractivity contribution in [2.24, 2.45) is 0 Å². The van der Waals surface area contributed by atoms with Gasteiger partial charge in [0.05, 0.1) is 5.69 Å². The Morgan fingerprint density at radius 2 is 2.10 bits per heavy atom. The van der Waals surface area contributed by atoms with Gasteiger partial charge < -0.3 is 4.42 Å². The lowest BCUT2D eigenvalue weighted by Gasteiger charge is -2.01. The van der Waals surface area contributed by atoms with Crippen LogP contribution in [0, 0.1) is 6.85 Å². The van der Waals surface area contributed by atoms with Crippen LogP contribution in [0.4, 0.5) is 0 Å². The summed E-state index contributed by atoms with van der Waals surface area (Å²) in [7, 11) is 0. The Balaban J connectivity index is 2.00. The van der Waals surface area contributed by atoms with Gasteiger partial charge in [-0.05, 0) is 37.2 Å². The van der Waals surface area contributed by atoms with Crippen LogP contribution >= 0.6 is 15.9 Å². The van der Waals surface area contributed by atoms with Gasteiger partial charge in [0.1, 0.15) is 5.58 Å². The van der Waals surface area contributed by atoms with Crippen LogP contribution in [0.3, 0.4) is 0 Å². The maximum absolute atomic E-state index is 7.50. The molecule has 0 amide bonds. The van der Waals surface area contributed by atoms with E-state index in [2.05, 4.69) is 25.9 Å². The average molecular weight is 342 g/mol. The van der Waals surface area contributed by atoms with E-state index in [1.54, 1.807) is 12.3 Å². The highest BCUT2D eigenvalue weighted by molar-refractivity contribution is 9.10. The van der Waals surface area contributed by atoms with Crippen molar-refractivity contribution < 1.29 is 8.53 Å². The zero-order chi connectivity index (χ0) is 16.9. The molecule has 0 radical (unpaired) electrons. The predicted molar refractivity (Wildman–Crippen MR) is 87.2 cm³/mol. The van der Waals surface area contributed by atoms with E-state index in [-0.39, 0.29) is 5.69 Å². The third-order valence-corrected chi connectivity index (χ3v) is 3.86. The number of halogens is 1. The first-order valence-corrected chi connectivity index (χ1v) is 7.17. The second kappa shape index (κ2) is 4.67. The minimum atomic E-state index is -2.26. The molecule has 0 fully saturated rings. The SMILES string of the molecule is [2H]C([2H])([2H])c1ccc2c(n1)oc1c(-c3cc(Br)ccn3)cccc12. The Hall–Kier alpha value is -2.20. The molecule has 21 heavy (non-hydrogen) atoms. The largest absolute Gasteiger partial charge is 0.437 e. The Labute approximate surface area is 134 Å². The van der Waals surface area contributed by atoms with Crippen LogP contribution < -0.4 is 0 Å². The third-order valence-electron chi connectivity index (χ3n) is 3.36. The van der Waals surface area contributed by atoms with Crippen molar-refractivity contribution in [1.82, 2.24) is 9.97 Å². The number of rotatable bonds is 1. The molecule has 4 heteroatoms. The van der Waals surface area contributed by atoms with E-state index in [0.717, 1.165) is 26.5 Å². The molecule has 102 valence electrons. The van der Waals surface area contributed by atoms with E-state index in [0.29, 0.717) is 11.3 Å². The number of hydrogen-bond acceptors (Lipinski definition) is 3. The molecule has 3 nitrogen and oxygen atoms in total. The Morgan fingerprint density at radius 1 is 1.14 bits per heavy atom. The van der Waals surface area contributed by atoms with Gasteiger partial charge in [-0.15, -0.1) is 0 Å². The van der Waals surface area contributed by atoms with Crippen molar-refractivity contribution >= 4 is 38.0 Å². The van der Waals surface area contributed by atoms with Gasteiger partial charge in [0.15, 0.2) is 0 Å². The molecule has 4 aromatic rings. The summed E-state index contributed by atoms with van der Waals surface area (Å²) < 4.78 is 29.3. The Bertz CT molecular complexity index is 1070. The zero-order valence-electron chi connectivity index (χ0n) is 13.8. The van der Waals surface area contributed by atoms with Gasteiger partial charge in [0.25, 0.3) is 0 Å². The summed E-state index contributed by atoms with van der Waals surface area (Å²) in [6.45, 7) is -2.26. The standard InChI is InChI=1S/C17H11BrN2O/c1-10-5-6-13-12-3-2-4-14(16(12)21-17(13)20-10)15-9-11(18)7-8-19-15/h2-9H,1H3/i1D3. The molecule has 0 bridgehead atoms. The Kier molecular flexibility index (Phi) is 2.15. The summed E-state index contributed by atoms with van der Waals surface area (Å²) >= 11 is 3.44. The summed E-state index contributed by atoms with van der Waals surface area (Å²) in [6, 6.07) is 12.8. The van der Waals surface area contributed by atoms with Gasteiger partial charge in [-0.25, -0.2) is 4.98 Å². The molecule has 3 heterocycles. The van der Waals surface area contributed by atoms with Crippen LogP contribution in [0.15, 0.2) is 57.6 Å². The highest BCUT2D eigenvalue weighted by atomic mass is 79.9. The lowest BCUT2D eigenvalue weighted by Crippen LogP contribution is -1.83. The number of aromatic nitrogens is 2. The molecule has 0 atom stereocenters. The first-order chi connectivity index (χ1) is 11.4. The van der Waals surface area contributed by atoms with Gasteiger partial charge in [-0.2, -0.15) is 0 Å². The minimum absolute atomic E-state index is 0.0242. The second-order valence-corrected chi connectivity index (χ2v) is 5.61. The molecule has 0 saturated carbocycles. The molecule has 0 aliphatic heterocycles. The van der Waals surface area contributed by atoms with E-state index in [1.807, 2.05) is 30.3 Å². The number of para-hydroxylation sites is 1. The number of fused-ring (bicyclic) bond motifs is 3. The van der Waals surface area contributed by atoms with Crippen LogP contribution in [0.5, 0.6) is 0 Å². The number of aryl methyl sites for hydroxylation is 1. The quantitative estimate of drug-likeness (QED) is 0.482. The van der Waals surface area contributed by atoms with Crippen molar-refractivity contribution in [3.05, 3.63) is 58.8 Å². The molecular weight excluding hydrogens is 328 g/mol. The van der Waals surface area contributed by atoms with Crippen LogP contribution in [0.25, 0.3) is 33.3 Å². The van der Waals surface area contributed by atoms with E-state index in [9.17, 15) is 0 Å². The van der Waals surface area contributed by atoms with Crippen molar-refractivity contribution in [3.63, 3.8) is 0 Å². The van der Waals surface area contributed by atoms with Crippen LogP contribution in [-0.2, 0) is 0 Å². The number of benzene rings is 1. The van der Waals surface area contributed by atoms with E-state index < -0.39 is 6.85 Å². The lowest BCUT2D eigenvalue weighted by atomic mass is 10.1. The van der Waals surface area contributed by atoms with Crippen molar-refractivity contribution in [1.29, 1.82) is 0 Å². The molecule has 0 aliphatic carbocycles. The highest BCUT2D eigenvalue weighted by Gasteiger charge is 2.13. The predicted octanol–water partition coefficient (Wildman–Crippen LogP) is 5.11. The molecule has 0 spiro atoms. The Morgan fingerprint density at radius 3 is 2.95 bits per heavy atom. The highest BCUT2D eigenvalue weighted by Crippen LogP contribution is 2.34. The van der Waals surface area contributed by atoms with Gasteiger partial charge in [0.2, 0.25) is 5.71 Å². The molecule has 0 saturated heterocycles. The number of hydrogen-bond donors (Lipinski definition) is 0. The second-order valence-electron chi connectivity index (χ2n) is 4.69. The van der Waals surface area contributed by atoms with Gasteiger partial charge in [-0.1, -0.05) is 28.1 Å². The van der Waals surface area contributed by atoms with Crippen LogP contribution in [0.1, 0.15) is 9.81 Å². The normalized spacial score (nSPS) is 14.0. The smallest absolute Gasteiger partial charge is 0.227 e. The van der Waals surface area contributed by atoms with Crippen LogP contribution in [0.2, 0.25) is 0 Å². The number of furan rings is 1. The summed E-state index contributed by atoms with van der Waals surface area (Å²) in [5, 5.41) is 1.67. The zero-order valence-corrected chi connectivity index (χ0v) is 12.4. The molecule has 1 aromatic carbocycles. The van der Waals surface area contributed by atoms with Crippen molar-refractivity contribution in [2.75, 3.05) is 0 Å². The number of nitrogens with zero attached hydrogens (tertiary/aromatic N) is 2. The fourth-order valence-electron chi connectivity index (χ4n) is 2.43. The molecule has 0 N–H and O–H groups in total. The first-order valence-electron chi connectivity index (χ1n) is 7.88. The number of pyridine rings is 2. The van der Waals surface area contributed by atoms with E-state index >= 15 is 0 Å². The molecule has 4 rings (SSSR count). The summed E-state index contributed by atoms with van der Waals surface area (Å²) in [5.41, 5.74) is 2.60. The minimum Gasteiger partial charge on any atom is -0.437 e. The van der Waals surface area contributed by atoms with E-state index in [1.165, 1.54) is 6.07 Å². The topological polar surface area (TPSA) is 38.9 Å². The summed E-state index contributed by atoms with van der Waals surface area (Å²) in [4.78, 5) is 8.56. The maximum atomic E-state index is 7.50. The maximum Gasteiger partial charge on any atom is 0.227 e. The van der Waals surface area contributed by atoms with Crippen LogP contribution in [-0.4, -0.2) is 9.97 Å². The lowest BCUT2D eigenvalue weighted by molar-refractivity contribution is 0.653. The van der Waals surface area contributed by atoms with Crippen molar-refractivity contribution in [2.45, 2.75) is 6.85 Å². The molecule has 0 aliphatic rings. The fourth-order valence-corrected chi connectivity index (χ4v) is 2.77. The monoisotopic (exact) mass is 341 g/mol. The van der Waals surface area contributed by atoms with Gasteiger partial charge in [0, 0.05) is 36.8 Å². The third kappa shape index (κ3) is 2.03. The van der Waals surface area contributed by atoms with Crippen molar-refractivity contribution in [3.8, 4) is 11.3 Å².